The fourth-order valence-electron chi connectivity index (χ4n) is 7.39. The van der Waals surface area contributed by atoms with Gasteiger partial charge >= 0.3 is 11.6 Å². The summed E-state index contributed by atoms with van der Waals surface area (Å²) in [6, 6.07) is 5.56. The van der Waals surface area contributed by atoms with E-state index in [9.17, 15) is 9.59 Å². The Kier molecular flexibility index (Phi) is 5.41. The number of rotatable bonds is 3. The third-order valence-corrected chi connectivity index (χ3v) is 9.20. The summed E-state index contributed by atoms with van der Waals surface area (Å²) in [5, 5.41) is 0. The van der Waals surface area contributed by atoms with Crippen molar-refractivity contribution in [1.82, 2.24) is 4.98 Å². The Bertz CT molecular complexity index is 1160. The van der Waals surface area contributed by atoms with Gasteiger partial charge in [0.1, 0.15) is 23.2 Å². The van der Waals surface area contributed by atoms with Gasteiger partial charge in [-0.3, -0.25) is 9.78 Å². The molecule has 3 heterocycles. The predicted octanol–water partition coefficient (Wildman–Crippen LogP) is 5.57. The smallest absolute Gasteiger partial charge is 0.343 e. The first kappa shape index (κ1) is 23.1. The van der Waals surface area contributed by atoms with Crippen molar-refractivity contribution in [3.05, 3.63) is 46.6 Å². The summed E-state index contributed by atoms with van der Waals surface area (Å²) in [6.45, 7) is 10.9. The maximum atomic E-state index is 13.1. The van der Waals surface area contributed by atoms with Crippen LogP contribution in [-0.4, -0.2) is 22.7 Å². The topological polar surface area (TPSA) is 78.6 Å². The van der Waals surface area contributed by atoms with E-state index in [-0.39, 0.29) is 40.0 Å². The summed E-state index contributed by atoms with van der Waals surface area (Å²) in [7, 11) is 0. The minimum absolute atomic E-state index is 0.0300. The Labute approximate surface area is 201 Å². The summed E-state index contributed by atoms with van der Waals surface area (Å²) >= 11 is 0. The number of ether oxygens (including phenoxy) is 2. The van der Waals surface area contributed by atoms with E-state index in [1.54, 1.807) is 12.4 Å². The number of aromatic nitrogens is 1. The van der Waals surface area contributed by atoms with Gasteiger partial charge in [0, 0.05) is 41.8 Å². The van der Waals surface area contributed by atoms with Gasteiger partial charge in [-0.2, -0.15) is 0 Å². The summed E-state index contributed by atoms with van der Waals surface area (Å²) in [5.41, 5.74) is 0.534. The number of fused-ring (bicyclic) bond motifs is 4. The normalized spacial score (nSPS) is 33.6. The minimum Gasteiger partial charge on any atom is -0.487 e. The van der Waals surface area contributed by atoms with Crippen LogP contribution in [0.1, 0.15) is 72.3 Å². The summed E-state index contributed by atoms with van der Waals surface area (Å²) in [5.74, 6) is 1.55. The summed E-state index contributed by atoms with van der Waals surface area (Å²) in [4.78, 5) is 29.4. The Morgan fingerprint density at radius 2 is 1.97 bits per heavy atom. The second-order valence-electron chi connectivity index (χ2n) is 11.4. The van der Waals surface area contributed by atoms with Gasteiger partial charge in [-0.1, -0.05) is 27.7 Å². The maximum absolute atomic E-state index is 13.1. The number of carbonyl (C=O) groups is 1. The number of pyridine rings is 1. The fraction of sp³-hybridized carbons (Fsp3) is 0.607. The quantitative estimate of drug-likeness (QED) is 0.552. The average Bonchev–Trinajstić information content (AvgIpc) is 2.80. The van der Waals surface area contributed by atoms with E-state index >= 15 is 0 Å². The average molecular weight is 466 g/mol. The molecule has 0 bridgehead atoms. The van der Waals surface area contributed by atoms with E-state index in [0.717, 1.165) is 31.2 Å². The van der Waals surface area contributed by atoms with Crippen molar-refractivity contribution in [1.29, 1.82) is 0 Å². The fourth-order valence-corrected chi connectivity index (χ4v) is 7.39. The molecule has 5 atom stereocenters. The lowest BCUT2D eigenvalue weighted by Crippen LogP contribution is -2.64. The molecule has 0 aromatic carbocycles. The standard InChI is InChI=1S/C28H35NO5/c1-6-24(30)33-23-10-11-27(4)21(26(23,2)3)9-12-28(5)22(27)14-18-20(34-28)15-19(32-25(18)31)17-8-7-13-29-16-17/h7-8,13,15-16,21-23H,6,9-12,14H2,1-5H3/t21-,22+,23-,27-,28+/m0/s1. The Morgan fingerprint density at radius 3 is 2.68 bits per heavy atom. The highest BCUT2D eigenvalue weighted by atomic mass is 16.5. The van der Waals surface area contributed by atoms with E-state index in [4.69, 9.17) is 13.9 Å². The zero-order valence-corrected chi connectivity index (χ0v) is 20.8. The van der Waals surface area contributed by atoms with E-state index in [0.29, 0.717) is 35.8 Å². The highest BCUT2D eigenvalue weighted by molar-refractivity contribution is 5.69. The van der Waals surface area contributed by atoms with Gasteiger partial charge in [0.15, 0.2) is 0 Å². The van der Waals surface area contributed by atoms with Crippen LogP contribution >= 0.6 is 0 Å². The molecule has 2 aliphatic carbocycles. The van der Waals surface area contributed by atoms with Gasteiger partial charge in [0.2, 0.25) is 0 Å². The monoisotopic (exact) mass is 465 g/mol. The Balaban J connectivity index is 1.50. The van der Waals surface area contributed by atoms with Crippen LogP contribution in [0.2, 0.25) is 0 Å². The van der Waals surface area contributed by atoms with Crippen molar-refractivity contribution in [3.8, 4) is 17.1 Å². The molecule has 3 aliphatic rings. The maximum Gasteiger partial charge on any atom is 0.343 e. The van der Waals surface area contributed by atoms with Crippen LogP contribution < -0.4 is 10.4 Å². The van der Waals surface area contributed by atoms with Crippen LogP contribution in [0.3, 0.4) is 0 Å². The van der Waals surface area contributed by atoms with E-state index in [1.165, 1.54) is 0 Å². The lowest BCUT2D eigenvalue weighted by atomic mass is 9.44. The molecule has 6 heteroatoms. The lowest BCUT2D eigenvalue weighted by Gasteiger charge is -2.64. The van der Waals surface area contributed by atoms with Crippen molar-refractivity contribution in [3.63, 3.8) is 0 Å². The third-order valence-electron chi connectivity index (χ3n) is 9.20. The second kappa shape index (κ2) is 7.96. The van der Waals surface area contributed by atoms with Crippen molar-refractivity contribution >= 4 is 5.97 Å². The number of nitrogens with zero attached hydrogens (tertiary/aromatic N) is 1. The lowest BCUT2D eigenvalue weighted by molar-refractivity contribution is -0.204. The number of hydrogen-bond donors (Lipinski definition) is 0. The summed E-state index contributed by atoms with van der Waals surface area (Å²) < 4.78 is 18.3. The van der Waals surface area contributed by atoms with Gasteiger partial charge in [-0.15, -0.1) is 0 Å². The third kappa shape index (κ3) is 3.48. The molecule has 2 fully saturated rings. The molecule has 2 saturated carbocycles. The summed E-state index contributed by atoms with van der Waals surface area (Å²) in [6.07, 6.45) is 8.03. The highest BCUT2D eigenvalue weighted by Gasteiger charge is 2.63. The molecular formula is C28H35NO5. The number of esters is 1. The van der Waals surface area contributed by atoms with Crippen LogP contribution in [0.25, 0.3) is 11.3 Å². The molecule has 5 rings (SSSR count). The zero-order valence-electron chi connectivity index (χ0n) is 20.8. The molecule has 0 unspecified atom stereocenters. The largest absolute Gasteiger partial charge is 0.487 e. The molecule has 2 aromatic heterocycles. The highest BCUT2D eigenvalue weighted by Crippen LogP contribution is 2.64. The SMILES string of the molecule is CCC(=O)O[C@H]1CC[C@]2(C)[C@H]3Cc4c(cc(-c5cccnc5)oc4=O)O[C@]3(C)CC[C@H]2C1(C)C. The molecule has 6 nitrogen and oxygen atoms in total. The van der Waals surface area contributed by atoms with Gasteiger partial charge < -0.3 is 13.9 Å². The van der Waals surface area contributed by atoms with Gasteiger partial charge in [-0.05, 0) is 62.5 Å². The van der Waals surface area contributed by atoms with Crippen LogP contribution in [0.4, 0.5) is 0 Å². The van der Waals surface area contributed by atoms with Gasteiger partial charge in [-0.25, -0.2) is 4.79 Å². The van der Waals surface area contributed by atoms with E-state index in [2.05, 4.69) is 32.7 Å². The first-order chi connectivity index (χ1) is 16.1. The Hall–Kier alpha value is -2.63. The minimum atomic E-state index is -0.360. The van der Waals surface area contributed by atoms with Crippen LogP contribution in [0, 0.1) is 22.7 Å². The van der Waals surface area contributed by atoms with E-state index in [1.807, 2.05) is 25.1 Å². The zero-order chi connectivity index (χ0) is 24.3. The Morgan fingerprint density at radius 1 is 1.18 bits per heavy atom. The molecule has 0 saturated heterocycles. The van der Waals surface area contributed by atoms with E-state index < -0.39 is 0 Å². The second-order valence-corrected chi connectivity index (χ2v) is 11.4. The number of hydrogen-bond acceptors (Lipinski definition) is 6. The van der Waals surface area contributed by atoms with Crippen molar-refractivity contribution < 1.29 is 18.7 Å². The van der Waals surface area contributed by atoms with Gasteiger partial charge in [0.05, 0.1) is 5.56 Å². The molecule has 182 valence electrons. The van der Waals surface area contributed by atoms with Crippen LogP contribution in [-0.2, 0) is 16.0 Å². The molecular weight excluding hydrogens is 430 g/mol. The predicted molar refractivity (Wildman–Crippen MR) is 128 cm³/mol. The molecule has 0 amide bonds. The van der Waals surface area contributed by atoms with Crippen molar-refractivity contribution in [2.45, 2.75) is 84.8 Å². The molecule has 1 aliphatic heterocycles. The number of carbonyl (C=O) groups excluding carboxylic acids is 1. The van der Waals surface area contributed by atoms with Crippen molar-refractivity contribution in [2.24, 2.45) is 22.7 Å². The first-order valence-corrected chi connectivity index (χ1v) is 12.5. The molecule has 34 heavy (non-hydrogen) atoms. The molecule has 0 radical (unpaired) electrons. The molecule has 2 aromatic rings. The van der Waals surface area contributed by atoms with Crippen LogP contribution in [0.5, 0.6) is 5.75 Å². The molecule has 0 N–H and O–H groups in total. The van der Waals surface area contributed by atoms with Gasteiger partial charge in [0.25, 0.3) is 0 Å². The molecule has 0 spiro atoms. The van der Waals surface area contributed by atoms with Crippen molar-refractivity contribution in [2.75, 3.05) is 0 Å². The van der Waals surface area contributed by atoms with Crippen LogP contribution in [0.15, 0.2) is 39.8 Å². The first-order valence-electron chi connectivity index (χ1n) is 12.5.